The number of pyridine rings is 1. The highest BCUT2D eigenvalue weighted by Gasteiger charge is 2.20. The van der Waals surface area contributed by atoms with Crippen molar-refractivity contribution in [3.05, 3.63) is 54.3 Å². The first kappa shape index (κ1) is 18.7. The highest BCUT2D eigenvalue weighted by atomic mass is 79.9. The van der Waals surface area contributed by atoms with Gasteiger partial charge in [-0.05, 0) is 53.0 Å². The van der Waals surface area contributed by atoms with E-state index in [0.29, 0.717) is 26.4 Å². The number of phenols is 2. The molecule has 25 heavy (non-hydrogen) atoms. The molecule has 0 unspecified atom stereocenters. The third-order valence-corrected chi connectivity index (χ3v) is 4.61. The van der Waals surface area contributed by atoms with Crippen molar-refractivity contribution in [2.45, 2.75) is 13.8 Å². The lowest BCUT2D eigenvalue weighted by molar-refractivity contribution is -0.386. The number of halogens is 2. The van der Waals surface area contributed by atoms with E-state index in [9.17, 15) is 25.6 Å². The number of rotatable bonds is 3. The van der Waals surface area contributed by atoms with Crippen LogP contribution < -0.4 is 0 Å². The van der Waals surface area contributed by atoms with Gasteiger partial charge in [0, 0.05) is 11.6 Å². The minimum Gasteiger partial charge on any atom is -0.504 e. The molecule has 9 heteroatoms. The van der Waals surface area contributed by atoms with Crippen molar-refractivity contribution in [2.75, 3.05) is 0 Å². The monoisotopic (exact) mass is 423 g/mol. The molecule has 2 N–H and O–H groups in total. The highest BCUT2D eigenvalue weighted by molar-refractivity contribution is 9.10. The Kier molecular flexibility index (Phi) is 5.30. The molecule has 1 aromatic heterocycles. The summed E-state index contributed by atoms with van der Waals surface area (Å²) < 4.78 is 0.400. The number of phenolic OH excluding ortho intramolecular Hbond substituents is 2. The first-order valence-electron chi connectivity index (χ1n) is 6.82. The van der Waals surface area contributed by atoms with E-state index < -0.39 is 22.1 Å². The van der Waals surface area contributed by atoms with Gasteiger partial charge in [0.25, 0.3) is 0 Å². The average Bonchev–Trinajstić information content (AvgIpc) is 2.54. The van der Waals surface area contributed by atoms with Crippen molar-refractivity contribution >= 4 is 44.9 Å². The molecule has 0 atom stereocenters. The zero-order valence-corrected chi connectivity index (χ0v) is 15.4. The van der Waals surface area contributed by atoms with Crippen molar-refractivity contribution in [3.63, 3.8) is 0 Å². The number of hydrogen-bond donors (Lipinski definition) is 2. The van der Waals surface area contributed by atoms with E-state index in [-0.39, 0.29) is 11.1 Å². The predicted molar refractivity (Wildman–Crippen MR) is 96.3 cm³/mol. The predicted octanol–water partition coefficient (Wildman–Crippen LogP) is 4.50. The van der Waals surface area contributed by atoms with E-state index in [1.807, 2.05) is 6.07 Å². The third kappa shape index (κ3) is 3.57. The van der Waals surface area contributed by atoms with Crippen LogP contribution in [-0.2, 0) is 0 Å². The molecular formula is C16H11BrClN3O4. The van der Waals surface area contributed by atoms with Crippen LogP contribution in [0, 0.1) is 35.3 Å². The quantitative estimate of drug-likeness (QED) is 0.246. The smallest absolute Gasteiger partial charge is 0.315 e. The summed E-state index contributed by atoms with van der Waals surface area (Å²) in [6, 6.07) is 4.17. The number of nitro benzene ring substituents is 1. The largest absolute Gasteiger partial charge is 0.504 e. The maximum Gasteiger partial charge on any atom is 0.315 e. The van der Waals surface area contributed by atoms with Gasteiger partial charge in [-0.1, -0.05) is 11.6 Å². The zero-order valence-electron chi connectivity index (χ0n) is 13.0. The summed E-state index contributed by atoms with van der Waals surface area (Å²) >= 11 is 9.48. The minimum atomic E-state index is -0.835. The van der Waals surface area contributed by atoms with Crippen LogP contribution in [0.3, 0.4) is 0 Å². The van der Waals surface area contributed by atoms with Gasteiger partial charge in [0.1, 0.15) is 4.60 Å². The maximum atomic E-state index is 11.0. The van der Waals surface area contributed by atoms with Crippen molar-refractivity contribution in [1.29, 1.82) is 5.26 Å². The Morgan fingerprint density at radius 2 is 2.08 bits per heavy atom. The maximum absolute atomic E-state index is 11.0. The Hall–Kier alpha value is -2.63. The fourth-order valence-corrected chi connectivity index (χ4v) is 3.19. The molecule has 0 aliphatic rings. The van der Waals surface area contributed by atoms with E-state index in [4.69, 9.17) is 11.6 Å². The van der Waals surface area contributed by atoms with Gasteiger partial charge >= 0.3 is 5.69 Å². The first-order chi connectivity index (χ1) is 11.7. The van der Waals surface area contributed by atoms with Crippen LogP contribution in [-0.4, -0.2) is 20.1 Å². The summed E-state index contributed by atoms with van der Waals surface area (Å²) in [5, 5.41) is 40.1. The molecule has 7 nitrogen and oxygen atoms in total. The molecule has 0 amide bonds. The van der Waals surface area contributed by atoms with Gasteiger partial charge in [0.2, 0.25) is 5.75 Å². The van der Waals surface area contributed by atoms with Crippen molar-refractivity contribution in [1.82, 2.24) is 4.98 Å². The Bertz CT molecular complexity index is 967. The Morgan fingerprint density at radius 3 is 2.64 bits per heavy atom. The number of aromatic nitrogens is 1. The van der Waals surface area contributed by atoms with Crippen molar-refractivity contribution in [3.8, 4) is 17.6 Å². The number of allylic oxidation sites excluding steroid dienone is 1. The van der Waals surface area contributed by atoms with Crippen molar-refractivity contribution < 1.29 is 15.1 Å². The lowest BCUT2D eigenvalue weighted by Gasteiger charge is -2.11. The number of hydrogen-bond acceptors (Lipinski definition) is 6. The van der Waals surface area contributed by atoms with Crippen molar-refractivity contribution in [2.24, 2.45) is 0 Å². The summed E-state index contributed by atoms with van der Waals surface area (Å²) in [5.41, 5.74) is 1.28. The summed E-state index contributed by atoms with van der Waals surface area (Å²) in [6.07, 6.45) is 1.34. The van der Waals surface area contributed by atoms with Gasteiger partial charge in [-0.3, -0.25) is 10.1 Å². The van der Waals surface area contributed by atoms with E-state index in [2.05, 4.69) is 20.9 Å². The van der Waals surface area contributed by atoms with Gasteiger partial charge in [0.15, 0.2) is 5.75 Å². The first-order valence-corrected chi connectivity index (χ1v) is 7.99. The second-order valence-electron chi connectivity index (χ2n) is 5.14. The van der Waals surface area contributed by atoms with Crippen LogP contribution in [0.5, 0.6) is 11.5 Å². The SMILES string of the molecule is Cc1nc(Br)c(/C(C#N)=C/c2cc(O)c(O)c([N+](=O)[O-])c2)c(C)c1Cl. The molecule has 0 aliphatic heterocycles. The lowest BCUT2D eigenvalue weighted by atomic mass is 10.00. The molecule has 2 rings (SSSR count). The van der Waals surface area contributed by atoms with Crippen LogP contribution >= 0.6 is 27.5 Å². The van der Waals surface area contributed by atoms with Gasteiger partial charge in [0.05, 0.1) is 27.3 Å². The number of nitriles is 1. The number of nitrogens with zero attached hydrogens (tertiary/aromatic N) is 3. The van der Waals surface area contributed by atoms with Crippen LogP contribution in [0.15, 0.2) is 16.7 Å². The second kappa shape index (κ2) is 7.09. The average molecular weight is 425 g/mol. The van der Waals surface area contributed by atoms with E-state index in [1.165, 1.54) is 6.08 Å². The lowest BCUT2D eigenvalue weighted by Crippen LogP contribution is -1.97. The van der Waals surface area contributed by atoms with Crippen LogP contribution in [0.2, 0.25) is 5.02 Å². The Labute approximate surface area is 156 Å². The van der Waals surface area contributed by atoms with Crippen LogP contribution in [0.1, 0.15) is 22.4 Å². The number of aryl methyl sites for hydroxylation is 1. The van der Waals surface area contributed by atoms with Crippen LogP contribution in [0.4, 0.5) is 5.69 Å². The Balaban J connectivity index is 2.71. The fraction of sp³-hybridized carbons (Fsp3) is 0.125. The summed E-state index contributed by atoms with van der Waals surface area (Å²) in [4.78, 5) is 14.3. The van der Waals surface area contributed by atoms with E-state index in [0.717, 1.165) is 12.1 Å². The second-order valence-corrected chi connectivity index (χ2v) is 6.27. The number of aromatic hydroxyl groups is 2. The highest BCUT2D eigenvalue weighted by Crippen LogP contribution is 2.38. The van der Waals surface area contributed by atoms with Gasteiger partial charge in [-0.25, -0.2) is 4.98 Å². The van der Waals surface area contributed by atoms with Gasteiger partial charge < -0.3 is 10.2 Å². The topological polar surface area (TPSA) is 120 Å². The Morgan fingerprint density at radius 1 is 1.44 bits per heavy atom. The van der Waals surface area contributed by atoms with Crippen LogP contribution in [0.25, 0.3) is 11.6 Å². The van der Waals surface area contributed by atoms with E-state index >= 15 is 0 Å². The molecule has 2 aromatic rings. The molecule has 128 valence electrons. The molecule has 0 bridgehead atoms. The molecule has 0 fully saturated rings. The summed E-state index contributed by atoms with van der Waals surface area (Å²) in [7, 11) is 0. The van der Waals surface area contributed by atoms with Gasteiger partial charge in [-0.15, -0.1) is 0 Å². The van der Waals surface area contributed by atoms with Gasteiger partial charge in [-0.2, -0.15) is 5.26 Å². The molecule has 0 radical (unpaired) electrons. The normalized spacial score (nSPS) is 11.2. The standard InChI is InChI=1S/C16H11BrClN3O4/c1-7-13(16(17)20-8(2)14(7)18)10(6-19)3-9-4-11(21(24)25)15(23)12(22)5-9/h3-5,22-23H,1-2H3/b10-3+. The van der Waals surface area contributed by atoms with E-state index in [1.54, 1.807) is 13.8 Å². The molecule has 1 heterocycles. The fourth-order valence-electron chi connectivity index (χ4n) is 2.28. The number of nitro groups is 1. The molecule has 0 spiro atoms. The third-order valence-electron chi connectivity index (χ3n) is 3.48. The summed E-state index contributed by atoms with van der Waals surface area (Å²) in [5.74, 6) is -1.49. The molecule has 1 aromatic carbocycles. The molecule has 0 aliphatic carbocycles. The number of benzene rings is 1. The molecule has 0 saturated carbocycles. The zero-order chi connectivity index (χ0) is 18.9. The molecular weight excluding hydrogens is 414 g/mol. The minimum absolute atomic E-state index is 0.137. The molecule has 0 saturated heterocycles. The summed E-state index contributed by atoms with van der Waals surface area (Å²) in [6.45, 7) is 3.44.